The van der Waals surface area contributed by atoms with Crippen LogP contribution in [0.25, 0.3) is 0 Å². The van der Waals surface area contributed by atoms with Gasteiger partial charge in [0, 0.05) is 19.6 Å². The zero-order chi connectivity index (χ0) is 12.3. The van der Waals surface area contributed by atoms with E-state index in [1.165, 1.54) is 6.42 Å². The van der Waals surface area contributed by atoms with Crippen LogP contribution in [0.5, 0.6) is 0 Å². The molecule has 0 aromatic rings. The molecule has 1 atom stereocenters. The van der Waals surface area contributed by atoms with Crippen LogP contribution in [0, 0.1) is 0 Å². The number of carbonyl (C=O) groups is 1. The van der Waals surface area contributed by atoms with Crippen LogP contribution in [0.3, 0.4) is 0 Å². The van der Waals surface area contributed by atoms with Gasteiger partial charge >= 0.3 is 5.97 Å². The smallest absolute Gasteiger partial charge is 0.334 e. The molecule has 0 bridgehead atoms. The minimum atomic E-state index is -0.912. The maximum atomic E-state index is 10.9. The molecule has 1 saturated heterocycles. The number of carboxylic acids is 1. The highest BCUT2D eigenvalue weighted by atomic mass is 16.5. The van der Waals surface area contributed by atoms with Gasteiger partial charge in [0.15, 0.2) is 6.10 Å². The molecule has 0 amide bonds. The quantitative estimate of drug-likeness (QED) is 0.754. The lowest BCUT2D eigenvalue weighted by atomic mass is 9.84. The number of hydrogen-bond donors (Lipinski definition) is 2. The second-order valence-electron chi connectivity index (χ2n) is 5.22. The molecule has 0 aromatic carbocycles. The standard InChI is InChI=1S/C12H21NO4/c14-11(15)10-8-13(6-7-17-10)9-12(16)4-2-1-3-5-12/h10,16H,1-9H2,(H,14,15). The first-order valence-corrected chi connectivity index (χ1v) is 6.38. The molecule has 2 N–H and O–H groups in total. The Labute approximate surface area is 101 Å². The van der Waals surface area contributed by atoms with E-state index < -0.39 is 17.7 Å². The molecule has 2 rings (SSSR count). The van der Waals surface area contributed by atoms with Crippen LogP contribution in [-0.4, -0.2) is 59.0 Å². The van der Waals surface area contributed by atoms with Crippen molar-refractivity contribution < 1.29 is 19.7 Å². The predicted molar refractivity (Wildman–Crippen MR) is 61.9 cm³/mol. The van der Waals surface area contributed by atoms with E-state index in [9.17, 15) is 9.90 Å². The molecule has 2 aliphatic rings. The fourth-order valence-electron chi connectivity index (χ4n) is 2.78. The van der Waals surface area contributed by atoms with E-state index >= 15 is 0 Å². The van der Waals surface area contributed by atoms with Crippen molar-refractivity contribution in [3.8, 4) is 0 Å². The Morgan fingerprint density at radius 1 is 1.35 bits per heavy atom. The van der Waals surface area contributed by atoms with Crippen molar-refractivity contribution in [3.63, 3.8) is 0 Å². The monoisotopic (exact) mass is 243 g/mol. The molecule has 1 aliphatic heterocycles. The van der Waals surface area contributed by atoms with Gasteiger partial charge < -0.3 is 14.9 Å². The molecule has 2 fully saturated rings. The van der Waals surface area contributed by atoms with Gasteiger partial charge in [-0.1, -0.05) is 19.3 Å². The van der Waals surface area contributed by atoms with Crippen LogP contribution in [0.4, 0.5) is 0 Å². The third kappa shape index (κ3) is 3.40. The van der Waals surface area contributed by atoms with Crippen molar-refractivity contribution in [3.05, 3.63) is 0 Å². The number of ether oxygens (including phenoxy) is 1. The number of aliphatic carboxylic acids is 1. The van der Waals surface area contributed by atoms with E-state index in [1.54, 1.807) is 0 Å². The van der Waals surface area contributed by atoms with Crippen LogP contribution in [-0.2, 0) is 9.53 Å². The highest BCUT2D eigenvalue weighted by Crippen LogP contribution is 2.29. The van der Waals surface area contributed by atoms with Crippen LogP contribution in [0.15, 0.2) is 0 Å². The van der Waals surface area contributed by atoms with Gasteiger partial charge in [-0.25, -0.2) is 4.79 Å². The lowest BCUT2D eigenvalue weighted by Gasteiger charge is -2.39. The summed E-state index contributed by atoms with van der Waals surface area (Å²) in [5, 5.41) is 19.3. The number of morpholine rings is 1. The summed E-state index contributed by atoms with van der Waals surface area (Å²) < 4.78 is 5.17. The molecule has 1 unspecified atom stereocenters. The molecule has 98 valence electrons. The van der Waals surface area contributed by atoms with E-state index in [1.807, 2.05) is 4.90 Å². The van der Waals surface area contributed by atoms with Crippen molar-refractivity contribution in [1.82, 2.24) is 4.90 Å². The van der Waals surface area contributed by atoms with Crippen LogP contribution >= 0.6 is 0 Å². The minimum absolute atomic E-state index is 0.387. The Morgan fingerprint density at radius 2 is 2.06 bits per heavy atom. The SMILES string of the molecule is O=C(O)C1CN(CC2(O)CCCCC2)CCO1. The molecule has 0 radical (unpaired) electrons. The summed E-state index contributed by atoms with van der Waals surface area (Å²) in [5.41, 5.74) is -0.612. The fraction of sp³-hybridized carbons (Fsp3) is 0.917. The van der Waals surface area contributed by atoms with Crippen molar-refractivity contribution >= 4 is 5.97 Å². The van der Waals surface area contributed by atoms with E-state index in [0.29, 0.717) is 26.2 Å². The van der Waals surface area contributed by atoms with Gasteiger partial charge in [-0.05, 0) is 12.8 Å². The zero-order valence-electron chi connectivity index (χ0n) is 10.1. The summed E-state index contributed by atoms with van der Waals surface area (Å²) in [6, 6.07) is 0. The third-order valence-corrected chi connectivity index (χ3v) is 3.73. The van der Waals surface area contributed by atoms with Gasteiger partial charge in [0.1, 0.15) is 0 Å². The normalized spacial score (nSPS) is 30.1. The van der Waals surface area contributed by atoms with Gasteiger partial charge in [-0.3, -0.25) is 4.90 Å². The van der Waals surface area contributed by atoms with E-state index in [2.05, 4.69) is 0 Å². The molecule has 0 spiro atoms. The van der Waals surface area contributed by atoms with Crippen molar-refractivity contribution in [2.75, 3.05) is 26.2 Å². The Morgan fingerprint density at radius 3 is 2.71 bits per heavy atom. The predicted octanol–water partition coefficient (Wildman–Crippen LogP) is 0.467. The number of carboxylic acid groups (broad SMARTS) is 1. The Hall–Kier alpha value is -0.650. The summed E-state index contributed by atoms with van der Waals surface area (Å²) in [4.78, 5) is 12.9. The Kier molecular flexibility index (Phi) is 4.01. The van der Waals surface area contributed by atoms with Gasteiger partial charge in [0.2, 0.25) is 0 Å². The summed E-state index contributed by atoms with van der Waals surface area (Å²) in [5.74, 6) is -0.912. The fourth-order valence-corrected chi connectivity index (χ4v) is 2.78. The van der Waals surface area contributed by atoms with Crippen LogP contribution in [0.2, 0.25) is 0 Å². The van der Waals surface area contributed by atoms with Crippen LogP contribution in [0.1, 0.15) is 32.1 Å². The van der Waals surface area contributed by atoms with Crippen molar-refractivity contribution in [2.45, 2.75) is 43.8 Å². The van der Waals surface area contributed by atoms with Gasteiger partial charge in [0.05, 0.1) is 12.2 Å². The molecular formula is C12H21NO4. The van der Waals surface area contributed by atoms with Crippen molar-refractivity contribution in [2.24, 2.45) is 0 Å². The number of hydrogen-bond acceptors (Lipinski definition) is 4. The Bertz CT molecular complexity index is 276. The number of rotatable bonds is 3. The highest BCUT2D eigenvalue weighted by Gasteiger charge is 2.34. The molecule has 17 heavy (non-hydrogen) atoms. The zero-order valence-corrected chi connectivity index (χ0v) is 10.1. The Balaban J connectivity index is 1.87. The van der Waals surface area contributed by atoms with Gasteiger partial charge in [0.25, 0.3) is 0 Å². The molecule has 5 heteroatoms. The molecule has 5 nitrogen and oxygen atoms in total. The molecule has 1 heterocycles. The number of nitrogens with zero attached hydrogens (tertiary/aromatic N) is 1. The average molecular weight is 243 g/mol. The number of β-amino-alcohol motifs (C(OH)–C–C–N with tert-alkyl or cyclic N) is 1. The lowest BCUT2D eigenvalue weighted by Crippen LogP contribution is -2.52. The second-order valence-corrected chi connectivity index (χ2v) is 5.22. The minimum Gasteiger partial charge on any atom is -0.479 e. The first-order valence-electron chi connectivity index (χ1n) is 6.38. The largest absolute Gasteiger partial charge is 0.479 e. The highest BCUT2D eigenvalue weighted by molar-refractivity contribution is 5.72. The van der Waals surface area contributed by atoms with Crippen molar-refractivity contribution in [1.29, 1.82) is 0 Å². The summed E-state index contributed by atoms with van der Waals surface area (Å²) in [6.45, 7) is 2.12. The van der Waals surface area contributed by atoms with Gasteiger partial charge in [-0.2, -0.15) is 0 Å². The summed E-state index contributed by atoms with van der Waals surface area (Å²) >= 11 is 0. The molecule has 0 aromatic heterocycles. The van der Waals surface area contributed by atoms with Crippen LogP contribution < -0.4 is 0 Å². The number of aliphatic hydroxyl groups is 1. The summed E-state index contributed by atoms with van der Waals surface area (Å²) in [6.07, 6.45) is 4.27. The first-order chi connectivity index (χ1) is 8.09. The molecular weight excluding hydrogens is 222 g/mol. The summed E-state index contributed by atoms with van der Waals surface area (Å²) in [7, 11) is 0. The lowest BCUT2D eigenvalue weighted by molar-refractivity contribution is -0.158. The molecule has 1 saturated carbocycles. The maximum absolute atomic E-state index is 10.9. The third-order valence-electron chi connectivity index (χ3n) is 3.73. The maximum Gasteiger partial charge on any atom is 0.334 e. The second kappa shape index (κ2) is 5.33. The first kappa shape index (κ1) is 12.8. The average Bonchev–Trinajstić information content (AvgIpc) is 2.29. The van der Waals surface area contributed by atoms with E-state index in [-0.39, 0.29) is 0 Å². The molecule has 1 aliphatic carbocycles. The van der Waals surface area contributed by atoms with E-state index in [4.69, 9.17) is 9.84 Å². The van der Waals surface area contributed by atoms with Gasteiger partial charge in [-0.15, -0.1) is 0 Å². The van der Waals surface area contributed by atoms with E-state index in [0.717, 1.165) is 25.7 Å². The topological polar surface area (TPSA) is 70.0 Å².